The van der Waals surface area contributed by atoms with Gasteiger partial charge in [0.1, 0.15) is 10.7 Å². The molecule has 1 heterocycles. The predicted octanol–water partition coefficient (Wildman–Crippen LogP) is 1.17. The van der Waals surface area contributed by atoms with Gasteiger partial charge in [-0.15, -0.1) is 0 Å². The zero-order chi connectivity index (χ0) is 14.5. The van der Waals surface area contributed by atoms with Gasteiger partial charge in [-0.1, -0.05) is 0 Å². The van der Waals surface area contributed by atoms with Crippen molar-refractivity contribution >= 4 is 15.8 Å². The molecule has 108 valence electrons. The van der Waals surface area contributed by atoms with E-state index >= 15 is 0 Å². The first kappa shape index (κ1) is 15.9. The largest absolute Gasteiger partial charge is 0.383 e. The van der Waals surface area contributed by atoms with E-state index in [0.717, 1.165) is 0 Å². The number of methoxy groups -OCH3 is 1. The fourth-order valence-electron chi connectivity index (χ4n) is 1.75. The van der Waals surface area contributed by atoms with Crippen molar-refractivity contribution in [3.05, 3.63) is 18.3 Å². The second-order valence-corrected chi connectivity index (χ2v) is 6.16. The molecule has 1 aromatic heterocycles. The summed E-state index contributed by atoms with van der Waals surface area (Å²) in [5, 5.41) is 2.80. The Labute approximate surface area is 114 Å². The van der Waals surface area contributed by atoms with Gasteiger partial charge in [0.05, 0.1) is 6.61 Å². The van der Waals surface area contributed by atoms with Crippen LogP contribution in [-0.2, 0) is 14.8 Å². The minimum Gasteiger partial charge on any atom is -0.383 e. The molecule has 7 heteroatoms. The fraction of sp³-hybridized carbons (Fsp3) is 0.583. The molecule has 1 N–H and O–H groups in total. The molecule has 0 aliphatic carbocycles. The summed E-state index contributed by atoms with van der Waals surface area (Å²) < 4.78 is 31.7. The van der Waals surface area contributed by atoms with Crippen molar-refractivity contribution in [1.82, 2.24) is 9.29 Å². The van der Waals surface area contributed by atoms with Crippen LogP contribution in [0.5, 0.6) is 0 Å². The normalized spacial score (nSPS) is 12.1. The highest BCUT2D eigenvalue weighted by molar-refractivity contribution is 7.89. The lowest BCUT2D eigenvalue weighted by Crippen LogP contribution is -2.39. The van der Waals surface area contributed by atoms with Gasteiger partial charge in [-0.05, 0) is 26.0 Å². The van der Waals surface area contributed by atoms with E-state index in [1.807, 2.05) is 13.8 Å². The molecule has 0 bridgehead atoms. The Morgan fingerprint density at radius 3 is 2.68 bits per heavy atom. The van der Waals surface area contributed by atoms with Gasteiger partial charge in [-0.3, -0.25) is 0 Å². The standard InChI is InChI=1S/C12H21N3O3S/c1-10(2)15(8-9-18-4)19(16,17)11-6-5-7-14-12(11)13-3/h5-7,10H,8-9H2,1-4H3,(H,13,14). The fourth-order valence-corrected chi connectivity index (χ4v) is 3.52. The highest BCUT2D eigenvalue weighted by atomic mass is 32.2. The van der Waals surface area contributed by atoms with Crippen LogP contribution in [0.15, 0.2) is 23.2 Å². The topological polar surface area (TPSA) is 71.5 Å². The first-order valence-corrected chi connectivity index (χ1v) is 7.52. The van der Waals surface area contributed by atoms with Gasteiger partial charge in [0.2, 0.25) is 10.0 Å². The first-order valence-electron chi connectivity index (χ1n) is 6.08. The van der Waals surface area contributed by atoms with Gasteiger partial charge in [-0.2, -0.15) is 4.31 Å². The predicted molar refractivity (Wildman–Crippen MR) is 74.7 cm³/mol. The second-order valence-electron chi connectivity index (χ2n) is 4.30. The molecule has 0 saturated carbocycles. The summed E-state index contributed by atoms with van der Waals surface area (Å²) in [4.78, 5) is 4.22. The molecule has 0 aliphatic rings. The smallest absolute Gasteiger partial charge is 0.247 e. The molecular formula is C12H21N3O3S. The van der Waals surface area contributed by atoms with E-state index in [2.05, 4.69) is 10.3 Å². The van der Waals surface area contributed by atoms with Crippen LogP contribution in [0.4, 0.5) is 5.82 Å². The number of anilines is 1. The number of hydrogen-bond donors (Lipinski definition) is 1. The Kier molecular flexibility index (Phi) is 5.71. The zero-order valence-corrected chi connectivity index (χ0v) is 12.6. The van der Waals surface area contributed by atoms with Gasteiger partial charge < -0.3 is 10.1 Å². The van der Waals surface area contributed by atoms with Crippen LogP contribution in [0.25, 0.3) is 0 Å². The highest BCUT2D eigenvalue weighted by Gasteiger charge is 2.29. The minimum absolute atomic E-state index is 0.148. The molecule has 6 nitrogen and oxygen atoms in total. The zero-order valence-electron chi connectivity index (χ0n) is 11.8. The molecule has 0 aromatic carbocycles. The van der Waals surface area contributed by atoms with Crippen LogP contribution in [0.3, 0.4) is 0 Å². The number of sulfonamides is 1. The maximum absolute atomic E-state index is 12.6. The molecule has 1 aromatic rings. The molecule has 0 fully saturated rings. The van der Waals surface area contributed by atoms with E-state index in [0.29, 0.717) is 19.0 Å². The third-order valence-electron chi connectivity index (χ3n) is 2.69. The highest BCUT2D eigenvalue weighted by Crippen LogP contribution is 2.23. The number of aromatic nitrogens is 1. The number of nitrogens with zero attached hydrogens (tertiary/aromatic N) is 2. The van der Waals surface area contributed by atoms with Crippen molar-refractivity contribution in [2.75, 3.05) is 32.6 Å². The van der Waals surface area contributed by atoms with Crippen LogP contribution in [0.2, 0.25) is 0 Å². The Morgan fingerprint density at radius 1 is 1.47 bits per heavy atom. The molecule has 0 spiro atoms. The van der Waals surface area contributed by atoms with Crippen LogP contribution >= 0.6 is 0 Å². The van der Waals surface area contributed by atoms with Crippen molar-refractivity contribution < 1.29 is 13.2 Å². The lowest BCUT2D eigenvalue weighted by Gasteiger charge is -2.26. The van der Waals surface area contributed by atoms with Gasteiger partial charge in [-0.25, -0.2) is 13.4 Å². The summed E-state index contributed by atoms with van der Waals surface area (Å²) in [5.41, 5.74) is 0. The van der Waals surface area contributed by atoms with Crippen LogP contribution in [0.1, 0.15) is 13.8 Å². The lowest BCUT2D eigenvalue weighted by atomic mass is 10.4. The number of nitrogens with one attached hydrogen (secondary N) is 1. The second kappa shape index (κ2) is 6.83. The average Bonchev–Trinajstić information content (AvgIpc) is 2.38. The monoisotopic (exact) mass is 287 g/mol. The van der Waals surface area contributed by atoms with Gasteiger partial charge in [0.25, 0.3) is 0 Å². The summed E-state index contributed by atoms with van der Waals surface area (Å²) in [6.45, 7) is 4.34. The van der Waals surface area contributed by atoms with Gasteiger partial charge in [0, 0.05) is 32.9 Å². The quantitative estimate of drug-likeness (QED) is 0.815. The van der Waals surface area contributed by atoms with E-state index in [-0.39, 0.29) is 10.9 Å². The van der Waals surface area contributed by atoms with E-state index < -0.39 is 10.0 Å². The van der Waals surface area contributed by atoms with Crippen LogP contribution < -0.4 is 5.32 Å². The van der Waals surface area contributed by atoms with Crippen molar-refractivity contribution in [3.63, 3.8) is 0 Å². The van der Waals surface area contributed by atoms with E-state index in [9.17, 15) is 8.42 Å². The molecule has 0 amide bonds. The van der Waals surface area contributed by atoms with E-state index in [1.54, 1.807) is 32.5 Å². The third-order valence-corrected chi connectivity index (χ3v) is 4.79. The molecule has 1 rings (SSSR count). The Hall–Kier alpha value is -1.18. The maximum Gasteiger partial charge on any atom is 0.247 e. The van der Waals surface area contributed by atoms with Crippen LogP contribution in [-0.4, -0.2) is 51.1 Å². The molecular weight excluding hydrogens is 266 g/mol. The van der Waals surface area contributed by atoms with Gasteiger partial charge >= 0.3 is 0 Å². The molecule has 0 atom stereocenters. The Balaban J connectivity index is 3.19. The van der Waals surface area contributed by atoms with E-state index in [1.165, 1.54) is 4.31 Å². The van der Waals surface area contributed by atoms with Crippen molar-refractivity contribution in [2.24, 2.45) is 0 Å². The number of pyridine rings is 1. The maximum atomic E-state index is 12.6. The summed E-state index contributed by atoms with van der Waals surface area (Å²) in [6, 6.07) is 3.02. The lowest BCUT2D eigenvalue weighted by molar-refractivity contribution is 0.171. The average molecular weight is 287 g/mol. The molecule has 0 aliphatic heterocycles. The van der Waals surface area contributed by atoms with Gasteiger partial charge in [0.15, 0.2) is 0 Å². The third kappa shape index (κ3) is 3.65. The Bertz CT molecular complexity index is 503. The summed E-state index contributed by atoms with van der Waals surface area (Å²) in [5.74, 6) is 0.352. The molecule has 19 heavy (non-hydrogen) atoms. The number of ether oxygens (including phenoxy) is 1. The van der Waals surface area contributed by atoms with E-state index in [4.69, 9.17) is 4.74 Å². The number of rotatable bonds is 7. The summed E-state index contributed by atoms with van der Waals surface area (Å²) in [6.07, 6.45) is 1.56. The Morgan fingerprint density at radius 2 is 2.16 bits per heavy atom. The minimum atomic E-state index is -3.59. The van der Waals surface area contributed by atoms with Crippen molar-refractivity contribution in [1.29, 1.82) is 0 Å². The molecule has 0 saturated heterocycles. The van der Waals surface area contributed by atoms with Crippen molar-refractivity contribution in [2.45, 2.75) is 24.8 Å². The first-order chi connectivity index (χ1) is 8.95. The SMILES string of the molecule is CNc1ncccc1S(=O)(=O)N(CCOC)C(C)C. The number of hydrogen-bond acceptors (Lipinski definition) is 5. The summed E-state index contributed by atoms with van der Waals surface area (Å²) in [7, 11) is -0.388. The molecule has 0 unspecified atom stereocenters. The molecule has 0 radical (unpaired) electrons. The van der Waals surface area contributed by atoms with Crippen LogP contribution in [0, 0.1) is 0 Å². The summed E-state index contributed by atoms with van der Waals surface area (Å²) >= 11 is 0. The van der Waals surface area contributed by atoms with Crippen molar-refractivity contribution in [3.8, 4) is 0 Å².